The van der Waals surface area contributed by atoms with Gasteiger partial charge in [-0.25, -0.2) is 0 Å². The Labute approximate surface area is 90.1 Å². The van der Waals surface area contributed by atoms with E-state index in [-0.39, 0.29) is 18.9 Å². The van der Waals surface area contributed by atoms with Gasteiger partial charge in [-0.1, -0.05) is 24.1 Å². The molecule has 0 saturated carbocycles. The third-order valence-corrected chi connectivity index (χ3v) is 2.66. The normalized spacial score (nSPS) is 12.9. The largest absolute Gasteiger partial charge is 1.00 e. The molecule has 1 aliphatic rings. The Balaban J connectivity index is 0.000000653. The molecule has 0 aromatic heterocycles. The molecule has 0 spiro atoms. The van der Waals surface area contributed by atoms with E-state index in [9.17, 15) is 0 Å². The fraction of sp³-hybridized carbons (Fsp3) is 0.167. The average Bonchev–Trinajstić information content (AvgIpc) is 2.52. The molecule has 0 heterocycles. The van der Waals surface area contributed by atoms with Crippen molar-refractivity contribution in [2.45, 2.75) is 12.8 Å². The van der Waals surface area contributed by atoms with Crippen molar-refractivity contribution < 1.29 is 18.9 Å². The van der Waals surface area contributed by atoms with Crippen LogP contribution in [0.4, 0.5) is 0 Å². The van der Waals surface area contributed by atoms with Crippen LogP contribution in [0.5, 0.6) is 0 Å². The smallest absolute Gasteiger partial charge is 0.183 e. The van der Waals surface area contributed by atoms with E-state index in [1.54, 1.807) is 0 Å². The third-order valence-electron chi connectivity index (χ3n) is 2.66. The van der Waals surface area contributed by atoms with Gasteiger partial charge >= 0.3 is 18.9 Å². The molecule has 13 heavy (non-hydrogen) atoms. The van der Waals surface area contributed by atoms with Crippen LogP contribution in [0, 0.1) is 6.07 Å². The van der Waals surface area contributed by atoms with Crippen molar-refractivity contribution in [3.8, 4) is 0 Å². The Hall–Kier alpha value is -0.703. The van der Waals surface area contributed by atoms with Crippen LogP contribution in [0.25, 0.3) is 10.8 Å². The summed E-state index contributed by atoms with van der Waals surface area (Å²) in [5.41, 5.74) is 2.99. The van der Waals surface area contributed by atoms with Gasteiger partial charge in [0.25, 0.3) is 0 Å². The first-order valence-corrected chi connectivity index (χ1v) is 4.36. The molecule has 58 valence electrons. The Morgan fingerprint density at radius 1 is 1.00 bits per heavy atom. The minimum absolute atomic E-state index is 0. The third kappa shape index (κ3) is 1.22. The molecule has 1 heteroatoms. The first-order chi connectivity index (χ1) is 5.95. The van der Waals surface area contributed by atoms with Crippen LogP contribution < -0.4 is 18.9 Å². The maximum atomic E-state index is 3.19. The summed E-state index contributed by atoms with van der Waals surface area (Å²) in [6, 6.07) is 13.9. The van der Waals surface area contributed by atoms with Gasteiger partial charge < -0.3 is 0 Å². The quantitative estimate of drug-likeness (QED) is 0.368. The predicted molar refractivity (Wildman–Crippen MR) is 50.2 cm³/mol. The molecule has 2 aromatic carbocycles. The van der Waals surface area contributed by atoms with Crippen molar-refractivity contribution in [1.29, 1.82) is 0 Å². The van der Waals surface area contributed by atoms with Crippen molar-refractivity contribution in [2.24, 2.45) is 0 Å². The van der Waals surface area contributed by atoms with Gasteiger partial charge in [0.2, 0.25) is 0 Å². The summed E-state index contributed by atoms with van der Waals surface area (Å²) in [5, 5.41) is 2.83. The standard InChI is InChI=1S/C12H9.Li/c1-3-9-4-2-6-11-8-7-10(5-1)12(9)11;/h1,3-6H,7-8H2;/q-1;+1. The SMILES string of the molecule is [Li+].[c-]1cc2c3c(cccc3c1)CC2. The van der Waals surface area contributed by atoms with Gasteiger partial charge in [0.15, 0.2) is 0 Å². The van der Waals surface area contributed by atoms with E-state index in [4.69, 9.17) is 0 Å². The Morgan fingerprint density at radius 3 is 2.77 bits per heavy atom. The van der Waals surface area contributed by atoms with Gasteiger partial charge in [-0.2, -0.15) is 18.2 Å². The van der Waals surface area contributed by atoms with Crippen LogP contribution in [-0.4, -0.2) is 0 Å². The fourth-order valence-electron chi connectivity index (χ4n) is 2.11. The molecule has 0 amide bonds. The number of hydrogen-bond acceptors (Lipinski definition) is 0. The monoisotopic (exact) mass is 160 g/mol. The van der Waals surface area contributed by atoms with E-state index in [1.807, 2.05) is 0 Å². The second-order valence-electron chi connectivity index (χ2n) is 3.36. The maximum absolute atomic E-state index is 3.19. The van der Waals surface area contributed by atoms with Gasteiger partial charge in [0.05, 0.1) is 0 Å². The van der Waals surface area contributed by atoms with Crippen LogP contribution in [-0.2, 0) is 12.8 Å². The molecule has 2 aromatic rings. The summed E-state index contributed by atoms with van der Waals surface area (Å²) in [6.07, 6.45) is 2.41. The van der Waals surface area contributed by atoms with Crippen molar-refractivity contribution >= 4 is 10.8 Å². The van der Waals surface area contributed by atoms with Gasteiger partial charge in [-0.05, 0) is 6.42 Å². The number of hydrogen-bond donors (Lipinski definition) is 0. The predicted octanol–water partition coefficient (Wildman–Crippen LogP) is -0.257. The van der Waals surface area contributed by atoms with Crippen molar-refractivity contribution in [3.05, 3.63) is 47.5 Å². The van der Waals surface area contributed by atoms with E-state index >= 15 is 0 Å². The summed E-state index contributed by atoms with van der Waals surface area (Å²) in [7, 11) is 0. The Morgan fingerprint density at radius 2 is 1.85 bits per heavy atom. The summed E-state index contributed by atoms with van der Waals surface area (Å²) in [4.78, 5) is 0. The molecular formula is C12H9Li. The van der Waals surface area contributed by atoms with E-state index < -0.39 is 0 Å². The first kappa shape index (κ1) is 8.88. The zero-order chi connectivity index (χ0) is 7.97. The van der Waals surface area contributed by atoms with Crippen LogP contribution in [0.2, 0.25) is 0 Å². The number of rotatable bonds is 0. The van der Waals surface area contributed by atoms with Gasteiger partial charge in [-0.15, -0.1) is 22.4 Å². The van der Waals surface area contributed by atoms with E-state index in [1.165, 1.54) is 34.7 Å². The molecule has 0 aliphatic heterocycles. The number of benzene rings is 2. The number of aryl methyl sites for hydroxylation is 2. The molecule has 0 radical (unpaired) electrons. The Bertz CT molecular complexity index is 407. The Kier molecular flexibility index (Phi) is 2.20. The van der Waals surface area contributed by atoms with Crippen LogP contribution >= 0.6 is 0 Å². The topological polar surface area (TPSA) is 0 Å². The molecule has 0 bridgehead atoms. The molecule has 0 atom stereocenters. The second kappa shape index (κ2) is 3.22. The summed E-state index contributed by atoms with van der Waals surface area (Å²) >= 11 is 0. The first-order valence-electron chi connectivity index (χ1n) is 4.36. The molecular weight excluding hydrogens is 151 g/mol. The second-order valence-corrected chi connectivity index (χ2v) is 3.36. The zero-order valence-corrected chi connectivity index (χ0v) is 7.80. The zero-order valence-electron chi connectivity index (χ0n) is 7.80. The summed E-state index contributed by atoms with van der Waals surface area (Å²) in [6.45, 7) is 0. The van der Waals surface area contributed by atoms with Gasteiger partial charge in [-0.3, -0.25) is 0 Å². The maximum Gasteiger partial charge on any atom is 1.00 e. The van der Waals surface area contributed by atoms with Crippen LogP contribution in [0.1, 0.15) is 11.1 Å². The fourth-order valence-corrected chi connectivity index (χ4v) is 2.11. The van der Waals surface area contributed by atoms with Gasteiger partial charge in [0.1, 0.15) is 0 Å². The van der Waals surface area contributed by atoms with Crippen molar-refractivity contribution in [1.82, 2.24) is 0 Å². The molecule has 0 saturated heterocycles. The van der Waals surface area contributed by atoms with Crippen molar-refractivity contribution in [2.75, 3.05) is 0 Å². The van der Waals surface area contributed by atoms with Gasteiger partial charge in [0, 0.05) is 0 Å². The minimum Gasteiger partial charge on any atom is -0.183 e. The van der Waals surface area contributed by atoms with E-state index in [2.05, 4.69) is 36.4 Å². The molecule has 0 fully saturated rings. The molecule has 3 rings (SSSR count). The molecule has 0 nitrogen and oxygen atoms in total. The molecule has 0 N–H and O–H groups in total. The van der Waals surface area contributed by atoms with Crippen molar-refractivity contribution in [3.63, 3.8) is 0 Å². The van der Waals surface area contributed by atoms with E-state index in [0.717, 1.165) is 0 Å². The minimum atomic E-state index is 0. The summed E-state index contributed by atoms with van der Waals surface area (Å²) in [5.74, 6) is 0. The van der Waals surface area contributed by atoms with E-state index in [0.29, 0.717) is 0 Å². The average molecular weight is 160 g/mol. The summed E-state index contributed by atoms with van der Waals surface area (Å²) < 4.78 is 0. The van der Waals surface area contributed by atoms with Crippen LogP contribution in [0.15, 0.2) is 30.3 Å². The molecule has 1 aliphatic carbocycles. The van der Waals surface area contributed by atoms with Crippen LogP contribution in [0.3, 0.4) is 0 Å². The molecule has 0 unspecified atom stereocenters.